The topological polar surface area (TPSA) is 59.1 Å². The van der Waals surface area contributed by atoms with Crippen LogP contribution in [-0.2, 0) is 16.6 Å². The summed E-state index contributed by atoms with van der Waals surface area (Å²) in [5.41, 5.74) is 0.890. The molecule has 2 aromatic rings. The number of rotatable bonds is 4. The summed E-state index contributed by atoms with van der Waals surface area (Å²) >= 11 is 11.1. The molecule has 0 spiro atoms. The fraction of sp³-hybridized carbons (Fsp3) is 0.0833. The Bertz CT molecular complexity index is 740. The highest BCUT2D eigenvalue weighted by Crippen LogP contribution is 2.22. The normalized spacial score (nSPS) is 11.6. The first-order chi connectivity index (χ1) is 9.38. The molecule has 1 N–H and O–H groups in total. The molecular formula is C12H9BrClIN2O2S. The van der Waals surface area contributed by atoms with Gasteiger partial charge in [0.15, 0.2) is 0 Å². The summed E-state index contributed by atoms with van der Waals surface area (Å²) in [6.45, 7) is 0.222. The van der Waals surface area contributed by atoms with Crippen molar-refractivity contribution >= 4 is 60.1 Å². The van der Waals surface area contributed by atoms with E-state index < -0.39 is 10.0 Å². The molecule has 106 valence electrons. The van der Waals surface area contributed by atoms with E-state index in [4.69, 9.17) is 11.6 Å². The maximum Gasteiger partial charge on any atom is 0.242 e. The van der Waals surface area contributed by atoms with Gasteiger partial charge >= 0.3 is 0 Å². The van der Waals surface area contributed by atoms with Crippen molar-refractivity contribution in [1.29, 1.82) is 0 Å². The molecule has 0 aliphatic carbocycles. The van der Waals surface area contributed by atoms with Gasteiger partial charge in [-0.15, -0.1) is 0 Å². The summed E-state index contributed by atoms with van der Waals surface area (Å²) in [6.07, 6.45) is 1.23. The van der Waals surface area contributed by atoms with Crippen LogP contribution in [0.25, 0.3) is 0 Å². The number of benzene rings is 1. The minimum Gasteiger partial charge on any atom is -0.242 e. The average molecular weight is 488 g/mol. The van der Waals surface area contributed by atoms with Gasteiger partial charge < -0.3 is 0 Å². The molecule has 8 heteroatoms. The smallest absolute Gasteiger partial charge is 0.242 e. The number of halogens is 3. The van der Waals surface area contributed by atoms with Crippen LogP contribution in [0.3, 0.4) is 0 Å². The van der Waals surface area contributed by atoms with E-state index in [1.54, 1.807) is 0 Å². The van der Waals surface area contributed by atoms with Gasteiger partial charge in [-0.3, -0.25) is 0 Å². The highest BCUT2D eigenvalue weighted by molar-refractivity contribution is 14.1. The van der Waals surface area contributed by atoms with Crippen molar-refractivity contribution in [2.45, 2.75) is 11.4 Å². The second-order valence-electron chi connectivity index (χ2n) is 3.90. The highest BCUT2D eigenvalue weighted by atomic mass is 127. The zero-order valence-electron chi connectivity index (χ0n) is 9.98. The molecule has 0 saturated heterocycles. The summed E-state index contributed by atoms with van der Waals surface area (Å²) in [7, 11) is -3.61. The Hall–Kier alpha value is -0.220. The van der Waals surface area contributed by atoms with Crippen molar-refractivity contribution in [3.8, 4) is 0 Å². The first kappa shape index (κ1) is 16.2. The van der Waals surface area contributed by atoms with Gasteiger partial charge in [0.25, 0.3) is 0 Å². The van der Waals surface area contributed by atoms with Crippen LogP contribution in [0.15, 0.2) is 45.9 Å². The van der Waals surface area contributed by atoms with Crippen molar-refractivity contribution in [3.05, 3.63) is 55.3 Å². The van der Waals surface area contributed by atoms with Gasteiger partial charge in [0.2, 0.25) is 10.0 Å². The van der Waals surface area contributed by atoms with E-state index in [1.807, 2.05) is 24.3 Å². The molecule has 0 aliphatic heterocycles. The number of aromatic nitrogens is 1. The van der Waals surface area contributed by atoms with Crippen LogP contribution in [0.5, 0.6) is 0 Å². The zero-order valence-corrected chi connectivity index (χ0v) is 15.3. The van der Waals surface area contributed by atoms with E-state index in [2.05, 4.69) is 48.2 Å². The maximum absolute atomic E-state index is 12.1. The standard InChI is InChI=1S/C12H9BrClIN2O2S/c13-11-5-10(7-16-12(11)14)20(18,19)17-6-8-2-1-3-9(15)4-8/h1-5,7,17H,6H2. The van der Waals surface area contributed by atoms with E-state index in [0.717, 1.165) is 9.13 Å². The predicted octanol–water partition coefficient (Wildman–Crippen LogP) is 3.58. The number of hydrogen-bond acceptors (Lipinski definition) is 3. The van der Waals surface area contributed by atoms with Crippen molar-refractivity contribution in [1.82, 2.24) is 9.71 Å². The third-order valence-corrected chi connectivity index (χ3v) is 5.61. The minimum atomic E-state index is -3.61. The Morgan fingerprint density at radius 2 is 2.10 bits per heavy atom. The highest BCUT2D eigenvalue weighted by Gasteiger charge is 2.15. The fourth-order valence-electron chi connectivity index (χ4n) is 1.46. The van der Waals surface area contributed by atoms with E-state index in [0.29, 0.717) is 4.47 Å². The van der Waals surface area contributed by atoms with Crippen LogP contribution < -0.4 is 4.72 Å². The van der Waals surface area contributed by atoms with Gasteiger partial charge in [0.1, 0.15) is 10.0 Å². The summed E-state index contributed by atoms with van der Waals surface area (Å²) in [5, 5.41) is 0.224. The van der Waals surface area contributed by atoms with Crippen molar-refractivity contribution in [2.75, 3.05) is 0 Å². The lowest BCUT2D eigenvalue weighted by molar-refractivity contribution is 0.581. The van der Waals surface area contributed by atoms with E-state index in [-0.39, 0.29) is 16.6 Å². The molecule has 0 fully saturated rings. The third-order valence-electron chi connectivity index (χ3n) is 2.44. The van der Waals surface area contributed by atoms with Crippen molar-refractivity contribution in [2.24, 2.45) is 0 Å². The lowest BCUT2D eigenvalue weighted by Crippen LogP contribution is -2.23. The monoisotopic (exact) mass is 486 g/mol. The van der Waals surface area contributed by atoms with Gasteiger partial charge in [0.05, 0.1) is 4.47 Å². The molecule has 0 radical (unpaired) electrons. The Morgan fingerprint density at radius 1 is 1.35 bits per heavy atom. The van der Waals surface area contributed by atoms with Gasteiger partial charge in [0, 0.05) is 16.3 Å². The second-order valence-corrected chi connectivity index (χ2v) is 8.12. The van der Waals surface area contributed by atoms with Crippen LogP contribution >= 0.6 is 50.1 Å². The predicted molar refractivity (Wildman–Crippen MR) is 90.1 cm³/mol. The molecular weight excluding hydrogens is 478 g/mol. The van der Waals surface area contributed by atoms with Crippen LogP contribution in [0.1, 0.15) is 5.56 Å². The van der Waals surface area contributed by atoms with E-state index in [9.17, 15) is 8.42 Å². The number of pyridine rings is 1. The molecule has 0 saturated carbocycles. The average Bonchev–Trinajstić information content (AvgIpc) is 2.40. The van der Waals surface area contributed by atoms with E-state index in [1.165, 1.54) is 12.3 Å². The molecule has 2 rings (SSSR count). The minimum absolute atomic E-state index is 0.0689. The fourth-order valence-corrected chi connectivity index (χ4v) is 3.66. The number of hydrogen-bond donors (Lipinski definition) is 1. The number of nitrogens with zero attached hydrogens (tertiary/aromatic N) is 1. The summed E-state index contributed by atoms with van der Waals surface area (Å²) in [5.74, 6) is 0. The van der Waals surface area contributed by atoms with Crippen LogP contribution in [0.2, 0.25) is 5.15 Å². The third kappa shape index (κ3) is 4.14. The second kappa shape index (κ2) is 6.69. The molecule has 0 aliphatic rings. The van der Waals surface area contributed by atoms with Gasteiger partial charge in [-0.25, -0.2) is 18.1 Å². The van der Waals surface area contributed by atoms with Crippen LogP contribution in [0.4, 0.5) is 0 Å². The molecule has 0 bridgehead atoms. The van der Waals surface area contributed by atoms with Crippen LogP contribution in [-0.4, -0.2) is 13.4 Å². The molecule has 4 nitrogen and oxygen atoms in total. The SMILES string of the molecule is O=S(=O)(NCc1cccc(I)c1)c1cnc(Cl)c(Br)c1. The number of nitrogens with one attached hydrogen (secondary N) is 1. The zero-order chi connectivity index (χ0) is 14.8. The lowest BCUT2D eigenvalue weighted by Gasteiger charge is -2.07. The van der Waals surface area contributed by atoms with E-state index >= 15 is 0 Å². The van der Waals surface area contributed by atoms with Crippen molar-refractivity contribution in [3.63, 3.8) is 0 Å². The Labute approximate surface area is 144 Å². The Morgan fingerprint density at radius 3 is 2.75 bits per heavy atom. The molecule has 0 unspecified atom stereocenters. The Balaban J connectivity index is 2.17. The summed E-state index contributed by atoms with van der Waals surface area (Å²) in [4.78, 5) is 3.88. The molecule has 20 heavy (non-hydrogen) atoms. The summed E-state index contributed by atoms with van der Waals surface area (Å²) in [6, 6.07) is 9.02. The van der Waals surface area contributed by atoms with Gasteiger partial charge in [-0.1, -0.05) is 23.7 Å². The van der Waals surface area contributed by atoms with Gasteiger partial charge in [-0.2, -0.15) is 0 Å². The Kier molecular flexibility index (Phi) is 5.41. The quantitative estimate of drug-likeness (QED) is 0.530. The molecule has 0 amide bonds. The molecule has 1 aromatic carbocycles. The molecule has 1 heterocycles. The first-order valence-corrected chi connectivity index (χ1v) is 9.17. The van der Waals surface area contributed by atoms with Crippen molar-refractivity contribution < 1.29 is 8.42 Å². The largest absolute Gasteiger partial charge is 0.242 e. The van der Waals surface area contributed by atoms with Gasteiger partial charge in [-0.05, 0) is 62.3 Å². The number of sulfonamides is 1. The van der Waals surface area contributed by atoms with Crippen LogP contribution in [0, 0.1) is 3.57 Å². The molecule has 0 atom stereocenters. The maximum atomic E-state index is 12.1. The molecule has 1 aromatic heterocycles. The summed E-state index contributed by atoms with van der Waals surface area (Å²) < 4.78 is 28.3. The first-order valence-electron chi connectivity index (χ1n) is 5.43. The lowest BCUT2D eigenvalue weighted by atomic mass is 10.2.